The third-order valence-corrected chi connectivity index (χ3v) is 4.97. The molecule has 3 amide bonds. The highest BCUT2D eigenvalue weighted by atomic mass is 32.3. The second kappa shape index (κ2) is 6.85. The maximum atomic E-state index is 12.6. The van der Waals surface area contributed by atoms with Crippen molar-refractivity contribution in [2.45, 2.75) is 24.9 Å². The Morgan fingerprint density at radius 1 is 1.25 bits per heavy atom. The van der Waals surface area contributed by atoms with E-state index in [0.29, 0.717) is 23.6 Å². The van der Waals surface area contributed by atoms with Gasteiger partial charge in [-0.1, -0.05) is 0 Å². The average molecular weight is 408 g/mol. The van der Waals surface area contributed by atoms with E-state index in [1.54, 1.807) is 35.3 Å². The molecule has 2 atom stereocenters. The quantitative estimate of drug-likeness (QED) is 0.667. The number of amides is 3. The Labute approximate surface area is 159 Å². The van der Waals surface area contributed by atoms with Crippen molar-refractivity contribution in [1.82, 2.24) is 24.7 Å². The van der Waals surface area contributed by atoms with Gasteiger partial charge in [0.05, 0.1) is 11.7 Å². The summed E-state index contributed by atoms with van der Waals surface area (Å²) in [6, 6.07) is 4.81. The molecule has 2 saturated heterocycles. The molecule has 1 aromatic carbocycles. The van der Waals surface area contributed by atoms with Crippen molar-refractivity contribution in [2.24, 2.45) is 0 Å². The van der Waals surface area contributed by atoms with Gasteiger partial charge in [-0.15, -0.1) is 4.28 Å². The molecule has 1 unspecified atom stereocenters. The van der Waals surface area contributed by atoms with Gasteiger partial charge in [0.2, 0.25) is 5.91 Å². The molecule has 4 rings (SSSR count). The van der Waals surface area contributed by atoms with Crippen LogP contribution < -0.4 is 5.32 Å². The first-order valence-corrected chi connectivity index (χ1v) is 9.71. The van der Waals surface area contributed by atoms with Crippen LogP contribution in [0.15, 0.2) is 36.9 Å². The van der Waals surface area contributed by atoms with Gasteiger partial charge in [-0.2, -0.15) is 18.6 Å². The van der Waals surface area contributed by atoms with Crippen molar-refractivity contribution >= 4 is 28.0 Å². The van der Waals surface area contributed by atoms with E-state index in [-0.39, 0.29) is 6.54 Å². The van der Waals surface area contributed by atoms with Gasteiger partial charge >= 0.3 is 16.4 Å². The number of carbonyl (C=O) groups is 2. The molecule has 0 saturated carbocycles. The molecule has 28 heavy (non-hydrogen) atoms. The Morgan fingerprint density at radius 3 is 2.64 bits per heavy atom. The van der Waals surface area contributed by atoms with Crippen molar-refractivity contribution in [1.29, 1.82) is 0 Å². The molecule has 1 aromatic heterocycles. The van der Waals surface area contributed by atoms with E-state index >= 15 is 0 Å². The van der Waals surface area contributed by atoms with Crippen LogP contribution in [0.3, 0.4) is 0 Å². The summed E-state index contributed by atoms with van der Waals surface area (Å²) in [6.07, 6.45) is 3.66. The van der Waals surface area contributed by atoms with Crippen LogP contribution in [0.2, 0.25) is 0 Å². The SMILES string of the molecule is O=C(Nc1ccc(-n2cncn2)cc1)[C@@H]1CCC2CN1C(=O)N2OS(=O)(=O)O. The van der Waals surface area contributed by atoms with Crippen molar-refractivity contribution in [3.8, 4) is 5.69 Å². The summed E-state index contributed by atoms with van der Waals surface area (Å²) in [5.74, 6) is -0.394. The number of nitrogens with one attached hydrogen (secondary N) is 1. The molecule has 13 heteroatoms. The summed E-state index contributed by atoms with van der Waals surface area (Å²) < 4.78 is 36.6. The number of carbonyl (C=O) groups excluding carboxylic acids is 2. The molecule has 2 aliphatic heterocycles. The minimum Gasteiger partial charge on any atom is -0.324 e. The number of urea groups is 1. The summed E-state index contributed by atoms with van der Waals surface area (Å²) >= 11 is 0. The Balaban J connectivity index is 1.44. The fourth-order valence-corrected chi connectivity index (χ4v) is 3.76. The van der Waals surface area contributed by atoms with Crippen LogP contribution in [0.4, 0.5) is 10.5 Å². The van der Waals surface area contributed by atoms with Gasteiger partial charge in [-0.05, 0) is 37.1 Å². The molecular weight excluding hydrogens is 392 g/mol. The molecule has 2 aromatic rings. The van der Waals surface area contributed by atoms with E-state index in [0.717, 1.165) is 5.69 Å². The maximum Gasteiger partial charge on any atom is 0.418 e. The van der Waals surface area contributed by atoms with Crippen molar-refractivity contribution in [2.75, 3.05) is 11.9 Å². The first kappa shape index (κ1) is 18.3. The lowest BCUT2D eigenvalue weighted by molar-refractivity contribution is -0.120. The standard InChI is InChI=1S/C15H16N6O6S/c22-14(18-10-1-3-11(4-2-10)20-9-16-8-17-20)13-6-5-12-7-19(13)15(23)21(12)27-28(24,25)26/h1-4,8-9,12-13H,5-7H2,(H,18,22)(H,24,25,26)/t12?,13-/m0/s1. The number of aromatic nitrogens is 3. The van der Waals surface area contributed by atoms with Gasteiger partial charge in [0.25, 0.3) is 0 Å². The van der Waals surface area contributed by atoms with E-state index < -0.39 is 34.4 Å². The minimum atomic E-state index is -4.82. The third-order valence-electron chi connectivity index (χ3n) is 4.62. The van der Waals surface area contributed by atoms with Gasteiger partial charge < -0.3 is 10.2 Å². The first-order chi connectivity index (χ1) is 13.3. The predicted molar refractivity (Wildman–Crippen MR) is 93.4 cm³/mol. The molecule has 0 spiro atoms. The molecule has 0 aliphatic carbocycles. The number of benzene rings is 1. The van der Waals surface area contributed by atoms with Crippen LogP contribution in [-0.4, -0.2) is 68.3 Å². The van der Waals surface area contributed by atoms with Crippen LogP contribution in [0.25, 0.3) is 5.69 Å². The maximum absolute atomic E-state index is 12.6. The van der Waals surface area contributed by atoms with Crippen LogP contribution in [0.5, 0.6) is 0 Å². The average Bonchev–Trinajstić information content (AvgIpc) is 3.26. The number of fused-ring (bicyclic) bond motifs is 2. The molecule has 3 heterocycles. The lowest BCUT2D eigenvalue weighted by Gasteiger charge is -2.29. The fraction of sp³-hybridized carbons (Fsp3) is 0.333. The zero-order valence-corrected chi connectivity index (χ0v) is 15.2. The Hall–Kier alpha value is -3.03. The van der Waals surface area contributed by atoms with Crippen molar-refractivity contribution in [3.05, 3.63) is 36.9 Å². The second-order valence-electron chi connectivity index (χ2n) is 6.39. The predicted octanol–water partition coefficient (Wildman–Crippen LogP) is 0.209. The zero-order valence-electron chi connectivity index (χ0n) is 14.4. The van der Waals surface area contributed by atoms with E-state index in [9.17, 15) is 18.0 Å². The molecule has 0 radical (unpaired) electrons. The van der Waals surface area contributed by atoms with Gasteiger partial charge in [-0.25, -0.2) is 14.5 Å². The van der Waals surface area contributed by atoms with Gasteiger partial charge in [0.15, 0.2) is 0 Å². The molecule has 12 nitrogen and oxygen atoms in total. The Kier molecular flexibility index (Phi) is 4.49. The van der Waals surface area contributed by atoms with E-state index in [2.05, 4.69) is 19.7 Å². The summed E-state index contributed by atoms with van der Waals surface area (Å²) in [6.45, 7) is 0.137. The van der Waals surface area contributed by atoms with Crippen LogP contribution in [0, 0.1) is 0 Å². The number of anilines is 1. The van der Waals surface area contributed by atoms with Crippen LogP contribution in [0.1, 0.15) is 12.8 Å². The number of piperidine rings is 1. The van der Waals surface area contributed by atoms with E-state index in [4.69, 9.17) is 4.55 Å². The normalized spacial score (nSPS) is 21.8. The van der Waals surface area contributed by atoms with Gasteiger partial charge in [0, 0.05) is 12.2 Å². The lowest BCUT2D eigenvalue weighted by Crippen LogP contribution is -2.47. The highest BCUT2D eigenvalue weighted by molar-refractivity contribution is 7.80. The topological polar surface area (TPSA) is 147 Å². The van der Waals surface area contributed by atoms with E-state index in [1.807, 2.05) is 0 Å². The summed E-state index contributed by atoms with van der Waals surface area (Å²) in [5.41, 5.74) is 1.30. The lowest BCUT2D eigenvalue weighted by atomic mass is 10.0. The molecule has 148 valence electrons. The van der Waals surface area contributed by atoms with Crippen molar-refractivity contribution in [3.63, 3.8) is 0 Å². The van der Waals surface area contributed by atoms with E-state index in [1.165, 1.54) is 11.2 Å². The smallest absolute Gasteiger partial charge is 0.324 e. The highest BCUT2D eigenvalue weighted by Gasteiger charge is 2.49. The van der Waals surface area contributed by atoms with Crippen LogP contribution in [-0.2, 0) is 19.5 Å². The number of hydroxylamine groups is 2. The number of hydrogen-bond donors (Lipinski definition) is 2. The van der Waals surface area contributed by atoms with Gasteiger partial charge in [-0.3, -0.25) is 9.35 Å². The minimum absolute atomic E-state index is 0.137. The second-order valence-corrected chi connectivity index (χ2v) is 7.39. The summed E-state index contributed by atoms with van der Waals surface area (Å²) in [7, 11) is -4.82. The molecule has 2 fully saturated rings. The number of hydrogen-bond acceptors (Lipinski definition) is 7. The Morgan fingerprint density at radius 2 is 2.00 bits per heavy atom. The summed E-state index contributed by atoms with van der Waals surface area (Å²) in [5, 5.41) is 7.37. The highest BCUT2D eigenvalue weighted by Crippen LogP contribution is 2.31. The first-order valence-electron chi connectivity index (χ1n) is 8.34. The van der Waals surface area contributed by atoms with Gasteiger partial charge in [0.1, 0.15) is 18.7 Å². The summed E-state index contributed by atoms with van der Waals surface area (Å²) in [4.78, 5) is 30.1. The zero-order chi connectivity index (χ0) is 19.9. The Bertz CT molecular complexity index is 993. The third kappa shape index (κ3) is 3.54. The molecule has 2 bridgehead atoms. The monoisotopic (exact) mass is 408 g/mol. The molecular formula is C15H16N6O6S. The van der Waals surface area contributed by atoms with Crippen molar-refractivity contribution < 1.29 is 26.8 Å². The molecule has 2 aliphatic rings. The largest absolute Gasteiger partial charge is 0.418 e. The molecule has 2 N–H and O–H groups in total. The number of rotatable bonds is 5. The number of nitrogens with zero attached hydrogens (tertiary/aromatic N) is 5. The van der Waals surface area contributed by atoms with Crippen LogP contribution >= 0.6 is 0 Å². The fourth-order valence-electron chi connectivity index (χ4n) is 3.37.